The second-order valence-electron chi connectivity index (χ2n) is 6.66. The lowest BCUT2D eigenvalue weighted by molar-refractivity contribution is 1.29. The summed E-state index contributed by atoms with van der Waals surface area (Å²) in [4.78, 5) is 9.90. The summed E-state index contributed by atoms with van der Waals surface area (Å²) in [7, 11) is 0. The molecule has 0 N–H and O–H groups in total. The topological polar surface area (TPSA) is 24.7 Å². The van der Waals surface area contributed by atoms with E-state index in [1.54, 1.807) is 23.5 Å². The maximum atomic E-state index is 4.95. The van der Waals surface area contributed by atoms with E-state index >= 15 is 0 Å². The van der Waals surface area contributed by atoms with E-state index in [9.17, 15) is 0 Å². The molecule has 0 amide bonds. The van der Waals surface area contributed by atoms with E-state index in [0.717, 1.165) is 21.5 Å². The minimum Gasteiger partial charge on any atom is -0.241 e. The molecule has 2 aromatic rings. The van der Waals surface area contributed by atoms with E-state index in [-0.39, 0.29) is 0 Å². The Kier molecular flexibility index (Phi) is 8.81. The summed E-state index contributed by atoms with van der Waals surface area (Å²) in [5.74, 6) is 0. The van der Waals surface area contributed by atoms with Crippen molar-refractivity contribution < 1.29 is 0 Å². The number of rotatable bonds is 5. The van der Waals surface area contributed by atoms with E-state index in [1.807, 2.05) is 60.7 Å². The summed E-state index contributed by atoms with van der Waals surface area (Å²) in [5.41, 5.74) is 6.72. The molecular formula is C24H28N2S2. The molecule has 0 bridgehead atoms. The summed E-state index contributed by atoms with van der Waals surface area (Å²) in [6.07, 6.45) is 4.17. The molecule has 0 saturated carbocycles. The Morgan fingerprint density at radius 2 is 0.893 bits per heavy atom. The first-order valence-electron chi connectivity index (χ1n) is 9.19. The van der Waals surface area contributed by atoms with Crippen LogP contribution in [0.4, 0.5) is 11.4 Å². The lowest BCUT2D eigenvalue weighted by Gasteiger charge is -2.19. The summed E-state index contributed by atoms with van der Waals surface area (Å²) in [5, 5.41) is 2.02. The van der Waals surface area contributed by atoms with Gasteiger partial charge in [0.1, 0.15) is 10.1 Å². The van der Waals surface area contributed by atoms with Crippen LogP contribution in [0.25, 0.3) is 0 Å². The Balaban J connectivity index is 2.63. The lowest BCUT2D eigenvalue weighted by Crippen LogP contribution is -2.11. The van der Waals surface area contributed by atoms with Gasteiger partial charge in [0, 0.05) is 11.1 Å². The van der Waals surface area contributed by atoms with E-state index in [2.05, 4.69) is 40.2 Å². The molecule has 2 rings (SSSR count). The van der Waals surface area contributed by atoms with Crippen LogP contribution in [0.5, 0.6) is 0 Å². The third kappa shape index (κ3) is 5.98. The van der Waals surface area contributed by atoms with Crippen LogP contribution in [0, 0.1) is 0 Å². The molecule has 0 aliphatic rings. The first kappa shape index (κ1) is 22.3. The van der Waals surface area contributed by atoms with Gasteiger partial charge in [-0.3, -0.25) is 0 Å². The maximum Gasteiger partial charge on any atom is 0.104 e. The Morgan fingerprint density at radius 3 is 1.14 bits per heavy atom. The molecule has 146 valence electrons. The molecular weight excluding hydrogens is 380 g/mol. The van der Waals surface area contributed by atoms with Crippen LogP contribution in [0.15, 0.2) is 92.9 Å². The Bertz CT molecular complexity index is 823. The Hall–Kier alpha value is -2.04. The lowest BCUT2D eigenvalue weighted by atomic mass is 9.98. The predicted molar refractivity (Wildman–Crippen MR) is 131 cm³/mol. The van der Waals surface area contributed by atoms with Crippen LogP contribution in [0.3, 0.4) is 0 Å². The van der Waals surface area contributed by atoms with Gasteiger partial charge >= 0.3 is 0 Å². The van der Waals surface area contributed by atoms with Crippen LogP contribution >= 0.6 is 23.5 Å². The highest BCUT2D eigenvalue weighted by atomic mass is 32.2. The van der Waals surface area contributed by atoms with Gasteiger partial charge in [-0.15, -0.1) is 23.5 Å². The van der Waals surface area contributed by atoms with Gasteiger partial charge in [0.15, 0.2) is 0 Å². The number of hydrogen-bond donors (Lipinski definition) is 0. The van der Waals surface area contributed by atoms with Crippen molar-refractivity contribution >= 4 is 45.0 Å². The highest BCUT2D eigenvalue weighted by molar-refractivity contribution is 8.14. The average Bonchev–Trinajstić information content (AvgIpc) is 2.70. The van der Waals surface area contributed by atoms with Crippen molar-refractivity contribution in [3.05, 3.63) is 83.0 Å². The van der Waals surface area contributed by atoms with Gasteiger partial charge < -0.3 is 0 Å². The minimum absolute atomic E-state index is 0.962. The first-order valence-corrected chi connectivity index (χ1v) is 11.6. The number of benzene rings is 2. The second kappa shape index (κ2) is 11.1. The normalized spacial score (nSPS) is 11.9. The van der Waals surface area contributed by atoms with Crippen molar-refractivity contribution in [2.75, 3.05) is 12.5 Å². The number of allylic oxidation sites excluding steroid dienone is 2. The van der Waals surface area contributed by atoms with Gasteiger partial charge in [-0.2, -0.15) is 0 Å². The molecule has 2 aromatic carbocycles. The van der Waals surface area contributed by atoms with Crippen molar-refractivity contribution in [2.45, 2.75) is 27.7 Å². The quantitative estimate of drug-likeness (QED) is 0.286. The van der Waals surface area contributed by atoms with Gasteiger partial charge in [0.25, 0.3) is 0 Å². The monoisotopic (exact) mass is 408 g/mol. The number of thioether (sulfide) groups is 2. The number of aliphatic imine (C=N–C) groups is 2. The smallest absolute Gasteiger partial charge is 0.104 e. The average molecular weight is 409 g/mol. The largest absolute Gasteiger partial charge is 0.241 e. The molecule has 0 aliphatic heterocycles. The zero-order valence-corrected chi connectivity index (χ0v) is 19.1. The molecule has 0 heterocycles. The van der Waals surface area contributed by atoms with E-state index < -0.39 is 0 Å². The second-order valence-corrected chi connectivity index (χ2v) is 8.25. The first-order chi connectivity index (χ1) is 13.5. The SMILES string of the molecule is CSC(=Nc1ccccc1)C(=C(C)C)C(C(=Nc1ccccc1)SC)=C(C)C. The standard InChI is InChI=1S/C24H28N2S2/c1-17(2)21(23(27-5)25-19-13-9-7-10-14-19)22(18(3)4)24(28-6)26-20-15-11-8-12-16-20/h7-16H,1-6H3. The summed E-state index contributed by atoms with van der Waals surface area (Å²) in [6.45, 7) is 8.59. The molecule has 0 aromatic heterocycles. The summed E-state index contributed by atoms with van der Waals surface area (Å²) < 4.78 is 0. The van der Waals surface area contributed by atoms with Crippen molar-refractivity contribution in [1.82, 2.24) is 0 Å². The number of para-hydroxylation sites is 2. The van der Waals surface area contributed by atoms with Crippen LogP contribution in [0.1, 0.15) is 27.7 Å². The molecule has 0 radical (unpaired) electrons. The van der Waals surface area contributed by atoms with Crippen molar-refractivity contribution in [2.24, 2.45) is 9.98 Å². The van der Waals surface area contributed by atoms with Crippen molar-refractivity contribution in [3.8, 4) is 0 Å². The van der Waals surface area contributed by atoms with Crippen molar-refractivity contribution in [3.63, 3.8) is 0 Å². The molecule has 0 fully saturated rings. The van der Waals surface area contributed by atoms with Crippen LogP contribution in [-0.2, 0) is 0 Å². The van der Waals surface area contributed by atoms with Gasteiger partial charge in [0.05, 0.1) is 11.4 Å². The van der Waals surface area contributed by atoms with E-state index in [4.69, 9.17) is 9.98 Å². The fourth-order valence-corrected chi connectivity index (χ4v) is 4.20. The summed E-state index contributed by atoms with van der Waals surface area (Å²) >= 11 is 3.35. The Morgan fingerprint density at radius 1 is 0.571 bits per heavy atom. The van der Waals surface area contributed by atoms with Gasteiger partial charge in [-0.25, -0.2) is 9.98 Å². The highest BCUT2D eigenvalue weighted by Crippen LogP contribution is 2.32. The minimum atomic E-state index is 0.962. The molecule has 0 saturated heterocycles. The third-order valence-corrected chi connectivity index (χ3v) is 5.40. The van der Waals surface area contributed by atoms with E-state index in [1.165, 1.54) is 22.3 Å². The fourth-order valence-electron chi connectivity index (χ4n) is 2.79. The molecule has 2 nitrogen and oxygen atoms in total. The summed E-state index contributed by atoms with van der Waals surface area (Å²) in [6, 6.07) is 20.2. The third-order valence-electron chi connectivity index (χ3n) is 4.04. The zero-order chi connectivity index (χ0) is 20.5. The molecule has 28 heavy (non-hydrogen) atoms. The van der Waals surface area contributed by atoms with Gasteiger partial charge in [-0.1, -0.05) is 47.5 Å². The Labute approximate surface area is 178 Å². The predicted octanol–water partition coefficient (Wildman–Crippen LogP) is 7.85. The van der Waals surface area contributed by atoms with Gasteiger partial charge in [0.2, 0.25) is 0 Å². The molecule has 0 spiro atoms. The fraction of sp³-hybridized carbons (Fsp3) is 0.250. The van der Waals surface area contributed by atoms with Crippen LogP contribution in [0.2, 0.25) is 0 Å². The molecule has 4 heteroatoms. The molecule has 0 atom stereocenters. The van der Waals surface area contributed by atoms with Crippen molar-refractivity contribution in [1.29, 1.82) is 0 Å². The van der Waals surface area contributed by atoms with Crippen LogP contribution in [-0.4, -0.2) is 22.6 Å². The maximum absolute atomic E-state index is 4.95. The van der Waals surface area contributed by atoms with Gasteiger partial charge in [-0.05, 0) is 64.5 Å². The number of hydrogen-bond acceptors (Lipinski definition) is 4. The van der Waals surface area contributed by atoms with E-state index in [0.29, 0.717) is 0 Å². The number of nitrogens with zero attached hydrogens (tertiary/aromatic N) is 2. The molecule has 0 unspecified atom stereocenters. The van der Waals surface area contributed by atoms with Crippen LogP contribution < -0.4 is 0 Å². The highest BCUT2D eigenvalue weighted by Gasteiger charge is 2.20. The zero-order valence-electron chi connectivity index (χ0n) is 17.5. The molecule has 0 aliphatic carbocycles.